The van der Waals surface area contributed by atoms with Gasteiger partial charge in [-0.2, -0.15) is 0 Å². The van der Waals surface area contributed by atoms with Crippen molar-refractivity contribution in [3.63, 3.8) is 0 Å². The van der Waals surface area contributed by atoms with E-state index in [-0.39, 0.29) is 14.1 Å². The van der Waals surface area contributed by atoms with Crippen LogP contribution in [0.15, 0.2) is 24.3 Å². The predicted octanol–water partition coefficient (Wildman–Crippen LogP) is -6.51. The van der Waals surface area contributed by atoms with Crippen molar-refractivity contribution in [2.45, 2.75) is 17.1 Å². The summed E-state index contributed by atoms with van der Waals surface area (Å²) >= 11 is 2.37. The van der Waals surface area contributed by atoms with Crippen LogP contribution in [0.5, 0.6) is 0 Å². The molecule has 0 aromatic heterocycles. The van der Waals surface area contributed by atoms with Gasteiger partial charge in [-0.3, -0.25) is 0 Å². The Kier molecular flexibility index (Phi) is 7.66. The topological polar surface area (TPSA) is 0 Å². The molecule has 2 rings (SSSR count). The number of halogens is 3. The monoisotopic (exact) mass is 224 g/mol. The summed E-state index contributed by atoms with van der Waals surface area (Å²) in [6.07, 6.45) is 12.0. The summed E-state index contributed by atoms with van der Waals surface area (Å²) in [5, 5.41) is 0. The summed E-state index contributed by atoms with van der Waals surface area (Å²) in [5.74, 6) is 1.74. The van der Waals surface area contributed by atoms with Crippen molar-refractivity contribution in [2.24, 2.45) is 11.8 Å². The Bertz CT molecular complexity index is 191. The SMILES string of the molecule is [F-].[F-].[F-].[Ti+3][CH]1CCC2C=CC=CC12. The van der Waals surface area contributed by atoms with E-state index in [1.165, 1.54) is 12.8 Å². The Morgan fingerprint density at radius 2 is 1.54 bits per heavy atom. The van der Waals surface area contributed by atoms with Gasteiger partial charge in [0, 0.05) is 0 Å². The molecule has 0 saturated heterocycles. The molecule has 0 aromatic carbocycles. The van der Waals surface area contributed by atoms with Gasteiger partial charge in [-0.15, -0.1) is 0 Å². The zero-order chi connectivity index (χ0) is 6.97. The van der Waals surface area contributed by atoms with E-state index in [9.17, 15) is 0 Å². The first-order chi connectivity index (χ1) is 4.88. The van der Waals surface area contributed by atoms with Crippen molar-refractivity contribution in [3.8, 4) is 0 Å². The molecular weight excluding hydrogens is 213 g/mol. The van der Waals surface area contributed by atoms with Crippen LogP contribution in [0.2, 0.25) is 4.22 Å². The summed E-state index contributed by atoms with van der Waals surface area (Å²) in [4.78, 5) is 0. The molecule has 0 aliphatic heterocycles. The fourth-order valence-electron chi connectivity index (χ4n) is 1.96. The van der Waals surface area contributed by atoms with Crippen LogP contribution < -0.4 is 14.1 Å². The molecule has 2 aliphatic rings. The van der Waals surface area contributed by atoms with Crippen LogP contribution in [0.3, 0.4) is 0 Å². The second-order valence-electron chi connectivity index (χ2n) is 3.19. The molecule has 0 N–H and O–H groups in total. The average molecular weight is 224 g/mol. The van der Waals surface area contributed by atoms with E-state index in [1.807, 2.05) is 0 Å². The van der Waals surface area contributed by atoms with Crippen LogP contribution in [0, 0.1) is 11.8 Å². The third-order valence-corrected chi connectivity index (χ3v) is 3.62. The molecule has 0 spiro atoms. The molecule has 0 amide bonds. The first-order valence-electron chi connectivity index (χ1n) is 3.94. The molecule has 0 heterocycles. The van der Waals surface area contributed by atoms with Gasteiger partial charge in [0.25, 0.3) is 0 Å². The number of rotatable bonds is 0. The summed E-state index contributed by atoms with van der Waals surface area (Å²) in [6, 6.07) is 0. The molecule has 2 aliphatic carbocycles. The Balaban J connectivity index is 0. The van der Waals surface area contributed by atoms with E-state index in [2.05, 4.69) is 44.7 Å². The van der Waals surface area contributed by atoms with Crippen molar-refractivity contribution < 1.29 is 34.5 Å². The number of hydrogen-bond acceptors (Lipinski definition) is 0. The molecule has 4 heteroatoms. The van der Waals surface area contributed by atoms with E-state index in [0.717, 1.165) is 16.1 Å². The fraction of sp³-hybridized carbons (Fsp3) is 0.556. The van der Waals surface area contributed by atoms with Gasteiger partial charge in [-0.25, -0.2) is 0 Å². The van der Waals surface area contributed by atoms with Crippen LogP contribution in [-0.2, 0) is 20.4 Å². The molecule has 3 unspecified atom stereocenters. The zero-order valence-corrected chi connectivity index (χ0v) is 8.65. The van der Waals surface area contributed by atoms with E-state index < -0.39 is 0 Å². The molecular formula is C9H11F3Ti. The molecule has 0 aromatic rings. The quantitative estimate of drug-likeness (QED) is 0.359. The maximum atomic E-state index is 2.38. The maximum absolute atomic E-state index is 2.38. The van der Waals surface area contributed by atoms with Gasteiger partial charge in [-0.1, -0.05) is 0 Å². The first-order valence-corrected chi connectivity index (χ1v) is 4.84. The Labute approximate surface area is 88.0 Å². The van der Waals surface area contributed by atoms with Crippen molar-refractivity contribution >= 4 is 0 Å². The third-order valence-electron chi connectivity index (χ3n) is 2.57. The molecule has 1 fully saturated rings. The standard InChI is InChI=1S/C9H11.3FH.Ti/c1-2-5-9-7-3-6-8(9)4-1;;;;/h1-2,4-6,8-9H,3,7H2;3*1H;/q;;;;+3/p-3. The van der Waals surface area contributed by atoms with Crippen molar-refractivity contribution in [3.05, 3.63) is 24.3 Å². The summed E-state index contributed by atoms with van der Waals surface area (Å²) in [7, 11) is 0. The van der Waals surface area contributed by atoms with Crippen LogP contribution >= 0.6 is 0 Å². The van der Waals surface area contributed by atoms with Gasteiger partial charge in [0.05, 0.1) is 0 Å². The van der Waals surface area contributed by atoms with E-state index in [1.54, 1.807) is 0 Å². The molecule has 0 nitrogen and oxygen atoms in total. The number of allylic oxidation sites excluding steroid dienone is 4. The number of fused-ring (bicyclic) bond motifs is 1. The second-order valence-corrected chi connectivity index (χ2v) is 4.35. The third kappa shape index (κ3) is 2.99. The minimum atomic E-state index is 0. The first kappa shape index (κ1) is 15.5. The van der Waals surface area contributed by atoms with Crippen LogP contribution in [0.1, 0.15) is 12.8 Å². The molecule has 0 radical (unpaired) electrons. The average Bonchev–Trinajstić information content (AvgIpc) is 2.34. The summed E-state index contributed by atoms with van der Waals surface area (Å²) in [6.45, 7) is 0. The molecule has 0 bridgehead atoms. The van der Waals surface area contributed by atoms with E-state index in [4.69, 9.17) is 0 Å². The fourth-order valence-corrected chi connectivity index (χ4v) is 2.78. The van der Waals surface area contributed by atoms with Crippen LogP contribution in [-0.4, -0.2) is 0 Å². The molecule has 72 valence electrons. The van der Waals surface area contributed by atoms with Crippen LogP contribution in [0.25, 0.3) is 0 Å². The van der Waals surface area contributed by atoms with Crippen molar-refractivity contribution in [2.75, 3.05) is 0 Å². The molecule has 3 atom stereocenters. The van der Waals surface area contributed by atoms with E-state index in [0.29, 0.717) is 0 Å². The van der Waals surface area contributed by atoms with Gasteiger partial charge in [0.2, 0.25) is 0 Å². The van der Waals surface area contributed by atoms with Crippen molar-refractivity contribution in [1.82, 2.24) is 0 Å². The Morgan fingerprint density at radius 1 is 0.923 bits per heavy atom. The number of hydrogen-bond donors (Lipinski definition) is 0. The van der Waals surface area contributed by atoms with E-state index >= 15 is 0 Å². The Morgan fingerprint density at radius 3 is 2.15 bits per heavy atom. The molecule has 13 heavy (non-hydrogen) atoms. The van der Waals surface area contributed by atoms with Gasteiger partial charge >= 0.3 is 73.6 Å². The van der Waals surface area contributed by atoms with Gasteiger partial charge in [-0.05, 0) is 0 Å². The summed E-state index contributed by atoms with van der Waals surface area (Å²) < 4.78 is 0.922. The van der Waals surface area contributed by atoms with Gasteiger partial charge in [0.1, 0.15) is 0 Å². The van der Waals surface area contributed by atoms with Crippen molar-refractivity contribution in [1.29, 1.82) is 0 Å². The second kappa shape index (κ2) is 6.44. The van der Waals surface area contributed by atoms with Crippen LogP contribution in [0.4, 0.5) is 0 Å². The zero-order valence-electron chi connectivity index (χ0n) is 7.09. The summed E-state index contributed by atoms with van der Waals surface area (Å²) in [5.41, 5.74) is 0. The molecule has 1 saturated carbocycles. The van der Waals surface area contributed by atoms with Gasteiger partial charge < -0.3 is 14.1 Å². The normalized spacial score (nSPS) is 33.8. The van der Waals surface area contributed by atoms with Gasteiger partial charge in [0.15, 0.2) is 0 Å². The Hall–Kier alpha value is -0.0157. The minimum absolute atomic E-state index is 0. The predicted molar refractivity (Wildman–Crippen MR) is 38.2 cm³/mol.